The van der Waals surface area contributed by atoms with Crippen LogP contribution in [-0.2, 0) is 17.8 Å². The maximum absolute atomic E-state index is 11.7. The van der Waals surface area contributed by atoms with E-state index in [-0.39, 0.29) is 19.1 Å². The Morgan fingerprint density at radius 1 is 1.41 bits per heavy atom. The molecule has 6 heteroatoms. The van der Waals surface area contributed by atoms with E-state index < -0.39 is 0 Å². The van der Waals surface area contributed by atoms with Crippen molar-refractivity contribution in [1.82, 2.24) is 14.7 Å². The fourth-order valence-electron chi connectivity index (χ4n) is 2.18. The Labute approximate surface area is 129 Å². The molecular formula is C16H21N3O3. The molecular weight excluding hydrogens is 282 g/mol. The maximum atomic E-state index is 11.7. The van der Waals surface area contributed by atoms with E-state index >= 15 is 0 Å². The standard InChI is InChI=1S/C16H21N3O3/c1-18(2)16(21)11-19-10-13(9-17-19)15-5-4-14(22-3)8-12(15)6-7-20/h4-5,8-10,20H,6-7,11H2,1-3H3. The lowest BCUT2D eigenvalue weighted by Crippen LogP contribution is -2.26. The highest BCUT2D eigenvalue weighted by Crippen LogP contribution is 2.27. The molecule has 0 aliphatic carbocycles. The van der Waals surface area contributed by atoms with E-state index in [1.165, 1.54) is 4.90 Å². The first-order chi connectivity index (χ1) is 10.5. The minimum atomic E-state index is -0.0139. The van der Waals surface area contributed by atoms with E-state index in [4.69, 9.17) is 4.74 Å². The molecule has 0 spiro atoms. The van der Waals surface area contributed by atoms with Gasteiger partial charge in [0.1, 0.15) is 12.3 Å². The molecule has 0 atom stereocenters. The van der Waals surface area contributed by atoms with E-state index in [9.17, 15) is 9.90 Å². The van der Waals surface area contributed by atoms with Crippen LogP contribution in [0.5, 0.6) is 5.75 Å². The van der Waals surface area contributed by atoms with Gasteiger partial charge in [0.15, 0.2) is 0 Å². The highest BCUT2D eigenvalue weighted by molar-refractivity contribution is 5.75. The van der Waals surface area contributed by atoms with Crippen molar-refractivity contribution in [2.24, 2.45) is 0 Å². The predicted molar refractivity (Wildman–Crippen MR) is 83.7 cm³/mol. The average Bonchev–Trinajstić information content (AvgIpc) is 2.95. The number of rotatable bonds is 6. The molecule has 22 heavy (non-hydrogen) atoms. The van der Waals surface area contributed by atoms with Crippen LogP contribution in [0, 0.1) is 0 Å². The summed E-state index contributed by atoms with van der Waals surface area (Å²) in [6.07, 6.45) is 4.10. The van der Waals surface area contributed by atoms with Gasteiger partial charge in [-0.25, -0.2) is 0 Å². The molecule has 0 unspecified atom stereocenters. The van der Waals surface area contributed by atoms with Crippen molar-refractivity contribution in [2.75, 3.05) is 27.8 Å². The molecule has 0 bridgehead atoms. The van der Waals surface area contributed by atoms with Crippen LogP contribution < -0.4 is 4.74 Å². The van der Waals surface area contributed by atoms with Gasteiger partial charge in [-0.2, -0.15) is 5.10 Å². The van der Waals surface area contributed by atoms with Gasteiger partial charge in [-0.15, -0.1) is 0 Å². The Morgan fingerprint density at radius 3 is 2.82 bits per heavy atom. The number of aliphatic hydroxyl groups excluding tert-OH is 1. The summed E-state index contributed by atoms with van der Waals surface area (Å²) < 4.78 is 6.84. The first-order valence-corrected chi connectivity index (χ1v) is 7.06. The van der Waals surface area contributed by atoms with Crippen molar-refractivity contribution in [3.8, 4) is 16.9 Å². The van der Waals surface area contributed by atoms with Gasteiger partial charge >= 0.3 is 0 Å². The highest BCUT2D eigenvalue weighted by Gasteiger charge is 2.11. The number of aliphatic hydroxyl groups is 1. The molecule has 0 fully saturated rings. The van der Waals surface area contributed by atoms with Gasteiger partial charge in [-0.1, -0.05) is 6.07 Å². The van der Waals surface area contributed by atoms with Gasteiger partial charge in [0.25, 0.3) is 0 Å². The molecule has 118 valence electrons. The predicted octanol–water partition coefficient (Wildman–Crippen LogP) is 1.18. The number of likely N-dealkylation sites (N-methyl/N-ethyl adjacent to an activating group) is 1. The van der Waals surface area contributed by atoms with E-state index in [0.29, 0.717) is 6.42 Å². The lowest BCUT2D eigenvalue weighted by atomic mass is 10.00. The quantitative estimate of drug-likeness (QED) is 0.870. The molecule has 2 rings (SSSR count). The molecule has 1 amide bonds. The number of ether oxygens (including phenoxy) is 1. The number of carbonyl (C=O) groups is 1. The molecule has 1 aromatic carbocycles. The first-order valence-electron chi connectivity index (χ1n) is 7.06. The van der Waals surface area contributed by atoms with E-state index in [0.717, 1.165) is 22.4 Å². The number of aromatic nitrogens is 2. The number of amides is 1. The molecule has 2 aromatic rings. The van der Waals surface area contributed by atoms with Crippen molar-refractivity contribution in [1.29, 1.82) is 0 Å². The minimum absolute atomic E-state index is 0.0139. The number of hydrogen-bond donors (Lipinski definition) is 1. The fraction of sp³-hybridized carbons (Fsp3) is 0.375. The fourth-order valence-corrected chi connectivity index (χ4v) is 2.18. The van der Waals surface area contributed by atoms with Crippen molar-refractivity contribution in [3.63, 3.8) is 0 Å². The summed E-state index contributed by atoms with van der Waals surface area (Å²) in [4.78, 5) is 13.3. The lowest BCUT2D eigenvalue weighted by molar-refractivity contribution is -0.129. The monoisotopic (exact) mass is 303 g/mol. The second-order valence-corrected chi connectivity index (χ2v) is 5.21. The average molecular weight is 303 g/mol. The summed E-state index contributed by atoms with van der Waals surface area (Å²) in [5.74, 6) is 0.738. The summed E-state index contributed by atoms with van der Waals surface area (Å²) in [6.45, 7) is 0.270. The molecule has 0 radical (unpaired) electrons. The summed E-state index contributed by atoms with van der Waals surface area (Å²) in [5.41, 5.74) is 2.89. The van der Waals surface area contributed by atoms with Crippen LogP contribution in [0.15, 0.2) is 30.6 Å². The molecule has 0 saturated heterocycles. The number of benzene rings is 1. The third kappa shape index (κ3) is 3.65. The van der Waals surface area contributed by atoms with Crippen LogP contribution in [0.3, 0.4) is 0 Å². The smallest absolute Gasteiger partial charge is 0.243 e. The Hall–Kier alpha value is -2.34. The van der Waals surface area contributed by atoms with Crippen molar-refractivity contribution >= 4 is 5.91 Å². The van der Waals surface area contributed by atoms with E-state index in [1.54, 1.807) is 32.1 Å². The van der Waals surface area contributed by atoms with E-state index in [2.05, 4.69) is 5.10 Å². The Kier molecular flexibility index (Phi) is 5.16. The normalized spacial score (nSPS) is 10.5. The van der Waals surface area contributed by atoms with Crippen LogP contribution in [0.2, 0.25) is 0 Å². The van der Waals surface area contributed by atoms with Gasteiger partial charge in [0, 0.05) is 32.5 Å². The molecule has 0 aliphatic rings. The SMILES string of the molecule is COc1ccc(-c2cnn(CC(=O)N(C)C)c2)c(CCO)c1. The van der Waals surface area contributed by atoms with Crippen LogP contribution in [0.1, 0.15) is 5.56 Å². The summed E-state index contributed by atoms with van der Waals surface area (Å²) >= 11 is 0. The van der Waals surface area contributed by atoms with Gasteiger partial charge < -0.3 is 14.7 Å². The second kappa shape index (κ2) is 7.09. The first kappa shape index (κ1) is 16.0. The summed E-state index contributed by atoms with van der Waals surface area (Å²) in [5, 5.41) is 13.5. The Bertz CT molecular complexity index is 650. The lowest BCUT2D eigenvalue weighted by Gasteiger charge is -2.10. The topological polar surface area (TPSA) is 67.6 Å². The minimum Gasteiger partial charge on any atom is -0.497 e. The van der Waals surface area contributed by atoms with Crippen molar-refractivity contribution in [3.05, 3.63) is 36.2 Å². The molecule has 1 heterocycles. The van der Waals surface area contributed by atoms with Crippen LogP contribution >= 0.6 is 0 Å². The third-order valence-electron chi connectivity index (χ3n) is 3.43. The molecule has 6 nitrogen and oxygen atoms in total. The zero-order valence-corrected chi connectivity index (χ0v) is 13.1. The zero-order chi connectivity index (χ0) is 16.1. The van der Waals surface area contributed by atoms with E-state index in [1.807, 2.05) is 24.4 Å². The number of hydrogen-bond acceptors (Lipinski definition) is 4. The molecule has 0 aliphatic heterocycles. The van der Waals surface area contributed by atoms with Gasteiger partial charge in [-0.3, -0.25) is 9.48 Å². The summed E-state index contributed by atoms with van der Waals surface area (Å²) in [6, 6.07) is 5.73. The van der Waals surface area contributed by atoms with Gasteiger partial charge in [0.05, 0.1) is 13.3 Å². The molecule has 0 saturated carbocycles. The second-order valence-electron chi connectivity index (χ2n) is 5.21. The summed E-state index contributed by atoms with van der Waals surface area (Å²) in [7, 11) is 5.05. The molecule has 1 N–H and O–H groups in total. The largest absolute Gasteiger partial charge is 0.497 e. The van der Waals surface area contributed by atoms with Crippen molar-refractivity contribution < 1.29 is 14.6 Å². The maximum Gasteiger partial charge on any atom is 0.243 e. The Balaban J connectivity index is 2.28. The van der Waals surface area contributed by atoms with Crippen LogP contribution in [0.25, 0.3) is 11.1 Å². The number of carbonyl (C=O) groups excluding carboxylic acids is 1. The number of methoxy groups -OCH3 is 1. The molecule has 1 aromatic heterocycles. The number of nitrogens with zero attached hydrogens (tertiary/aromatic N) is 3. The van der Waals surface area contributed by atoms with Crippen molar-refractivity contribution in [2.45, 2.75) is 13.0 Å². The highest BCUT2D eigenvalue weighted by atomic mass is 16.5. The van der Waals surface area contributed by atoms with Gasteiger partial charge in [-0.05, 0) is 29.7 Å². The van der Waals surface area contributed by atoms with Crippen LogP contribution in [-0.4, -0.2) is 53.5 Å². The third-order valence-corrected chi connectivity index (χ3v) is 3.43. The van der Waals surface area contributed by atoms with Gasteiger partial charge in [0.2, 0.25) is 5.91 Å². The zero-order valence-electron chi connectivity index (χ0n) is 13.1. The van der Waals surface area contributed by atoms with Crippen LogP contribution in [0.4, 0.5) is 0 Å². The Morgan fingerprint density at radius 2 is 2.18 bits per heavy atom.